The van der Waals surface area contributed by atoms with Crippen LogP contribution in [0.1, 0.15) is 66.9 Å². The Morgan fingerprint density at radius 1 is 1.23 bits per heavy atom. The van der Waals surface area contributed by atoms with Gasteiger partial charge >= 0.3 is 0 Å². The highest BCUT2D eigenvalue weighted by Crippen LogP contribution is 2.39. The van der Waals surface area contributed by atoms with E-state index in [9.17, 15) is 9.18 Å². The highest BCUT2D eigenvalue weighted by molar-refractivity contribution is 6.12. The number of halogens is 2. The van der Waals surface area contributed by atoms with Crippen molar-refractivity contribution in [2.45, 2.75) is 52.4 Å². The minimum absolute atomic E-state index is 0.126. The number of hydrogen-bond acceptors (Lipinski definition) is 4. The van der Waals surface area contributed by atoms with Crippen molar-refractivity contribution in [1.29, 1.82) is 0 Å². The number of carbonyl (C=O) groups excluding carboxylic acids is 1. The van der Waals surface area contributed by atoms with E-state index in [0.29, 0.717) is 30.8 Å². The van der Waals surface area contributed by atoms with Crippen LogP contribution in [0, 0.1) is 30.4 Å². The molecule has 1 aliphatic heterocycles. The average Bonchev–Trinajstić information content (AvgIpc) is 3.36. The van der Waals surface area contributed by atoms with Crippen LogP contribution in [0.15, 0.2) is 78.1 Å². The number of benzene rings is 2. The zero-order valence-electron chi connectivity index (χ0n) is 22.9. The third-order valence-electron chi connectivity index (χ3n) is 7.39. The molecule has 6 heteroatoms. The molecule has 0 fully saturated rings. The number of aliphatic imine (C=N–C) groups is 1. The lowest BCUT2D eigenvalue weighted by molar-refractivity contribution is 0.0974. The second-order valence-corrected chi connectivity index (χ2v) is 10.2. The molecule has 0 saturated carbocycles. The van der Waals surface area contributed by atoms with E-state index in [4.69, 9.17) is 4.74 Å². The van der Waals surface area contributed by atoms with E-state index in [1.807, 2.05) is 31.2 Å². The first kappa shape index (κ1) is 28.2. The highest BCUT2D eigenvalue weighted by Gasteiger charge is 2.31. The number of methoxy groups -OCH3 is 1. The van der Waals surface area contributed by atoms with E-state index in [1.165, 1.54) is 13.2 Å². The largest absolute Gasteiger partial charge is 0.494 e. The van der Waals surface area contributed by atoms with Gasteiger partial charge in [0, 0.05) is 35.4 Å². The van der Waals surface area contributed by atoms with E-state index in [2.05, 4.69) is 42.0 Å². The Kier molecular flexibility index (Phi) is 9.28. The van der Waals surface area contributed by atoms with Crippen LogP contribution in [0.2, 0.25) is 0 Å². The lowest BCUT2D eigenvalue weighted by atomic mass is 9.86. The monoisotopic (exact) mass is 530 g/mol. The lowest BCUT2D eigenvalue weighted by Gasteiger charge is -2.21. The number of ether oxygens (including phenoxy) is 1. The van der Waals surface area contributed by atoms with Gasteiger partial charge in [-0.2, -0.15) is 4.39 Å². The van der Waals surface area contributed by atoms with Gasteiger partial charge in [-0.15, -0.1) is 6.58 Å². The maximum atomic E-state index is 15.0. The minimum Gasteiger partial charge on any atom is -0.494 e. The molecule has 2 atom stereocenters. The van der Waals surface area contributed by atoms with Gasteiger partial charge < -0.3 is 10.1 Å². The van der Waals surface area contributed by atoms with Gasteiger partial charge in [-0.25, -0.2) is 4.39 Å². The molecule has 0 radical (unpaired) electrons. The molecule has 4 nitrogen and oxygen atoms in total. The third-order valence-corrected chi connectivity index (χ3v) is 7.39. The summed E-state index contributed by atoms with van der Waals surface area (Å²) in [6, 6.07) is 8.76. The predicted molar refractivity (Wildman–Crippen MR) is 155 cm³/mol. The first-order valence-corrected chi connectivity index (χ1v) is 13.5. The van der Waals surface area contributed by atoms with Gasteiger partial charge in [0.1, 0.15) is 0 Å². The molecule has 0 saturated heterocycles. The molecule has 2 aromatic rings. The quantitative estimate of drug-likeness (QED) is 0.247. The van der Waals surface area contributed by atoms with E-state index < -0.39 is 11.6 Å². The summed E-state index contributed by atoms with van der Waals surface area (Å²) in [5.74, 6) is -1.68. The molecule has 1 heterocycles. The fraction of sp³-hybridized carbons (Fsp3) is 0.333. The fourth-order valence-electron chi connectivity index (χ4n) is 5.19. The lowest BCUT2D eigenvalue weighted by Crippen LogP contribution is -2.20. The molecule has 0 aromatic heterocycles. The van der Waals surface area contributed by atoms with E-state index in [1.54, 1.807) is 12.3 Å². The maximum Gasteiger partial charge on any atom is 0.201 e. The van der Waals surface area contributed by atoms with E-state index >= 15 is 4.39 Å². The fourth-order valence-corrected chi connectivity index (χ4v) is 5.19. The van der Waals surface area contributed by atoms with Crippen LogP contribution in [-0.4, -0.2) is 18.6 Å². The summed E-state index contributed by atoms with van der Waals surface area (Å²) in [6.07, 6.45) is 14.3. The van der Waals surface area contributed by atoms with Crippen LogP contribution < -0.4 is 10.1 Å². The smallest absolute Gasteiger partial charge is 0.201 e. The Balaban J connectivity index is 1.55. The Morgan fingerprint density at radius 2 is 2.05 bits per heavy atom. The van der Waals surface area contributed by atoms with Crippen LogP contribution >= 0.6 is 0 Å². The maximum absolute atomic E-state index is 15.0. The van der Waals surface area contributed by atoms with Gasteiger partial charge in [-0.05, 0) is 86.4 Å². The summed E-state index contributed by atoms with van der Waals surface area (Å²) >= 11 is 0. The number of rotatable bonds is 10. The van der Waals surface area contributed by atoms with Crippen LogP contribution in [0.3, 0.4) is 0 Å². The van der Waals surface area contributed by atoms with Crippen molar-refractivity contribution >= 4 is 22.8 Å². The Morgan fingerprint density at radius 3 is 2.79 bits per heavy atom. The molecular formula is C33H36F2N2O2. The molecule has 0 spiro atoms. The topological polar surface area (TPSA) is 50.7 Å². The number of hydrogen-bond donors (Lipinski definition) is 1. The number of Topliss-reactive ketones (excluding diaryl/α,β-unsaturated/α-hetero) is 1. The van der Waals surface area contributed by atoms with Crippen molar-refractivity contribution in [3.63, 3.8) is 0 Å². The van der Waals surface area contributed by atoms with Crippen molar-refractivity contribution in [2.75, 3.05) is 12.4 Å². The summed E-state index contributed by atoms with van der Waals surface area (Å²) in [5.41, 5.74) is 4.94. The number of ketones is 1. The van der Waals surface area contributed by atoms with Crippen LogP contribution in [0.25, 0.3) is 5.57 Å². The zero-order valence-corrected chi connectivity index (χ0v) is 22.9. The van der Waals surface area contributed by atoms with Crippen molar-refractivity contribution in [2.24, 2.45) is 16.8 Å². The molecule has 204 valence electrons. The predicted octanol–water partition coefficient (Wildman–Crippen LogP) is 8.60. The molecule has 1 N–H and O–H groups in total. The van der Waals surface area contributed by atoms with Crippen LogP contribution in [0.4, 0.5) is 14.5 Å². The third kappa shape index (κ3) is 6.44. The van der Waals surface area contributed by atoms with Gasteiger partial charge in [0.15, 0.2) is 17.3 Å². The molecule has 2 aromatic carbocycles. The molecule has 0 bridgehead atoms. The number of nitrogens with one attached hydrogen (secondary N) is 1. The van der Waals surface area contributed by atoms with Crippen molar-refractivity contribution in [1.82, 2.24) is 0 Å². The average molecular weight is 531 g/mol. The Hall–Kier alpha value is -3.80. The zero-order chi connectivity index (χ0) is 27.9. The Labute approximate surface area is 229 Å². The summed E-state index contributed by atoms with van der Waals surface area (Å²) in [4.78, 5) is 17.5. The molecule has 2 unspecified atom stereocenters. The second-order valence-electron chi connectivity index (χ2n) is 10.2. The number of anilines is 1. The van der Waals surface area contributed by atoms with Crippen LogP contribution in [0.5, 0.6) is 5.75 Å². The van der Waals surface area contributed by atoms with E-state index in [-0.39, 0.29) is 23.0 Å². The van der Waals surface area contributed by atoms with Crippen molar-refractivity contribution in [3.8, 4) is 5.75 Å². The summed E-state index contributed by atoms with van der Waals surface area (Å²) in [7, 11) is 1.32. The first-order chi connectivity index (χ1) is 18.8. The second kappa shape index (κ2) is 12.8. The molecule has 4 rings (SSSR count). The van der Waals surface area contributed by atoms with Gasteiger partial charge in [-0.3, -0.25) is 9.79 Å². The van der Waals surface area contributed by atoms with Crippen molar-refractivity contribution < 1.29 is 18.3 Å². The first-order valence-electron chi connectivity index (χ1n) is 13.5. The summed E-state index contributed by atoms with van der Waals surface area (Å²) in [6.45, 7) is 7.86. The molecule has 1 aliphatic carbocycles. The molecule has 0 amide bonds. The number of fused-ring (bicyclic) bond motifs is 1. The van der Waals surface area contributed by atoms with E-state index in [0.717, 1.165) is 47.5 Å². The number of allylic oxidation sites excluding steroid dienone is 6. The summed E-state index contributed by atoms with van der Waals surface area (Å²) < 4.78 is 34.5. The molecule has 2 aliphatic rings. The normalized spacial score (nSPS) is 19.7. The van der Waals surface area contributed by atoms with Gasteiger partial charge in [0.05, 0.1) is 18.5 Å². The number of carbonyl (C=O) groups is 1. The molecule has 39 heavy (non-hydrogen) atoms. The summed E-state index contributed by atoms with van der Waals surface area (Å²) in [5, 5.41) is 3.49. The standard InChI is InChI=1S/C33H36F2N2O2/c1-5-10-21(2)13-17-29(38)24-15-14-23(19-22(24)3)37-28-12-9-7-6-8-11-26-27(20-36-33(26)28)25-16-18-30(39-4)32(35)31(25)34/h5-7,12,14-16,18-21,26,37H,1,8-11,13,17H2,2-4H3/b7-6-,28-12-. The highest BCUT2D eigenvalue weighted by atomic mass is 19.2. The van der Waals surface area contributed by atoms with Crippen molar-refractivity contribution in [3.05, 3.63) is 101 Å². The van der Waals surface area contributed by atoms with Gasteiger partial charge in [0.25, 0.3) is 0 Å². The minimum atomic E-state index is -0.999. The SMILES string of the molecule is C=CCC(C)CCC(=O)c1ccc(N/C2=C\C/C=C\CCC3C(c4ccc(OC)c(F)c4F)=CN=C23)cc1C. The van der Waals surface area contributed by atoms with Gasteiger partial charge in [-0.1, -0.05) is 31.2 Å². The Bertz CT molecular complexity index is 1370. The van der Waals surface area contributed by atoms with Crippen LogP contribution in [-0.2, 0) is 0 Å². The van der Waals surface area contributed by atoms with Gasteiger partial charge in [0.2, 0.25) is 5.82 Å². The molecular weight excluding hydrogens is 494 g/mol. The number of nitrogens with zero attached hydrogens (tertiary/aromatic N) is 1. The number of aryl methyl sites for hydroxylation is 1.